The highest BCUT2D eigenvalue weighted by Gasteiger charge is 2.23. The minimum absolute atomic E-state index is 0.00455. The molecule has 1 aliphatic heterocycles. The molecule has 0 bridgehead atoms. The highest BCUT2D eigenvalue weighted by atomic mass is 35.5. The second kappa shape index (κ2) is 15.4. The Hall–Kier alpha value is -5.49. The second-order valence-corrected chi connectivity index (χ2v) is 12.9. The van der Waals surface area contributed by atoms with E-state index in [1.807, 2.05) is 6.07 Å². The Bertz CT molecular complexity index is 2310. The molecule has 0 aliphatic carbocycles. The van der Waals surface area contributed by atoms with E-state index in [4.69, 9.17) is 25.8 Å². The quantitative estimate of drug-likeness (QED) is 0.138. The van der Waals surface area contributed by atoms with Crippen molar-refractivity contribution in [1.29, 1.82) is 0 Å². The number of pyridine rings is 2. The summed E-state index contributed by atoms with van der Waals surface area (Å²) in [5.74, 6) is -0.174. The number of anilines is 1. The molecule has 1 saturated heterocycles. The first-order valence-electron chi connectivity index (χ1n) is 17.0. The van der Waals surface area contributed by atoms with Gasteiger partial charge in [-0.15, -0.1) is 0 Å². The molecule has 0 atom stereocenters. The molecule has 3 heterocycles. The fourth-order valence-corrected chi connectivity index (χ4v) is 6.67. The van der Waals surface area contributed by atoms with Crippen LogP contribution in [0.15, 0.2) is 102 Å². The van der Waals surface area contributed by atoms with Crippen LogP contribution >= 0.6 is 11.6 Å². The van der Waals surface area contributed by atoms with Gasteiger partial charge in [0.15, 0.2) is 23.1 Å². The summed E-state index contributed by atoms with van der Waals surface area (Å²) in [4.78, 5) is 36.6. The molecule has 1 N–H and O–H groups in total. The van der Waals surface area contributed by atoms with Gasteiger partial charge in [0, 0.05) is 73.2 Å². The molecule has 52 heavy (non-hydrogen) atoms. The first-order chi connectivity index (χ1) is 25.3. The number of ether oxygens (including phenoxy) is 3. The maximum absolute atomic E-state index is 15.5. The summed E-state index contributed by atoms with van der Waals surface area (Å²) in [6.07, 6.45) is 2.45. The van der Waals surface area contributed by atoms with Gasteiger partial charge in [0.2, 0.25) is 0 Å². The van der Waals surface area contributed by atoms with Crippen molar-refractivity contribution in [2.75, 3.05) is 58.8 Å². The molecular weight excluding hydrogens is 685 g/mol. The predicted octanol–water partition coefficient (Wildman–Crippen LogP) is 7.40. The monoisotopic (exact) mass is 721 g/mol. The molecule has 12 heteroatoms. The number of hydrogen-bond acceptors (Lipinski definition) is 8. The van der Waals surface area contributed by atoms with Crippen molar-refractivity contribution >= 4 is 45.0 Å². The van der Waals surface area contributed by atoms with Crippen LogP contribution in [0.4, 0.5) is 10.1 Å². The van der Waals surface area contributed by atoms with E-state index in [2.05, 4.69) is 27.1 Å². The standard InChI is InChI=1S/C40H37ClFN5O5/c1-45-18-20-46(21-19-45)17-8-22-51-36-25-31-29(24-35(36)50-2)33(15-16-43-31)52-34-14-13-26(23-30(34)42)44-39(48)37-38(41)28-11-6-7-12-32(28)47(40(37)49)27-9-4-3-5-10-27/h3-7,9-16,23-25H,8,17-22H2,1-2H3,(H,44,48). The first-order valence-corrected chi connectivity index (χ1v) is 17.4. The van der Waals surface area contributed by atoms with Crippen LogP contribution in [-0.2, 0) is 0 Å². The van der Waals surface area contributed by atoms with Gasteiger partial charge in [-0.2, -0.15) is 0 Å². The van der Waals surface area contributed by atoms with E-state index < -0.39 is 17.3 Å². The van der Waals surface area contributed by atoms with Gasteiger partial charge in [0.1, 0.15) is 11.3 Å². The van der Waals surface area contributed by atoms with E-state index in [1.54, 1.807) is 80.0 Å². The topological polar surface area (TPSA) is 98.2 Å². The van der Waals surface area contributed by atoms with E-state index in [0.29, 0.717) is 51.3 Å². The molecule has 6 aromatic rings. The summed E-state index contributed by atoms with van der Waals surface area (Å²) < 4.78 is 34.7. The lowest BCUT2D eigenvalue weighted by Crippen LogP contribution is -2.44. The lowest BCUT2D eigenvalue weighted by Gasteiger charge is -2.32. The average molecular weight is 722 g/mol. The van der Waals surface area contributed by atoms with Gasteiger partial charge in [-0.05, 0) is 55.9 Å². The van der Waals surface area contributed by atoms with Gasteiger partial charge in [0.05, 0.1) is 29.8 Å². The number of benzene rings is 4. The molecule has 7 rings (SSSR count). The molecular formula is C40H37ClFN5O5. The Balaban J connectivity index is 1.08. The van der Waals surface area contributed by atoms with E-state index in [0.717, 1.165) is 45.2 Å². The van der Waals surface area contributed by atoms with Crippen LogP contribution in [0.3, 0.4) is 0 Å². The Morgan fingerprint density at radius 1 is 0.885 bits per heavy atom. The molecule has 0 unspecified atom stereocenters. The Morgan fingerprint density at radius 3 is 2.42 bits per heavy atom. The molecule has 0 spiro atoms. The Labute approximate surface area is 304 Å². The number of methoxy groups -OCH3 is 1. The second-order valence-electron chi connectivity index (χ2n) is 12.6. The third kappa shape index (κ3) is 7.29. The largest absolute Gasteiger partial charge is 0.493 e. The van der Waals surface area contributed by atoms with Crippen molar-refractivity contribution in [3.05, 3.63) is 124 Å². The predicted molar refractivity (Wildman–Crippen MR) is 201 cm³/mol. The van der Waals surface area contributed by atoms with Crippen LogP contribution < -0.4 is 25.1 Å². The number of carbonyl (C=O) groups excluding carboxylic acids is 1. The molecule has 1 aliphatic rings. The molecule has 4 aromatic carbocycles. The van der Waals surface area contributed by atoms with Gasteiger partial charge in [-0.1, -0.05) is 48.0 Å². The maximum Gasteiger partial charge on any atom is 0.270 e. The minimum Gasteiger partial charge on any atom is -0.493 e. The SMILES string of the molecule is COc1cc2c(Oc3ccc(NC(=O)c4c(Cl)c5ccccc5n(-c5ccccc5)c4=O)cc3F)ccnc2cc1OCCCN1CCN(C)CC1. The summed E-state index contributed by atoms with van der Waals surface area (Å²) in [6, 6.07) is 25.2. The zero-order valence-electron chi connectivity index (χ0n) is 28.8. The van der Waals surface area contributed by atoms with E-state index in [-0.39, 0.29) is 22.0 Å². The van der Waals surface area contributed by atoms with Gasteiger partial charge < -0.3 is 29.3 Å². The number of para-hydroxylation sites is 2. The normalized spacial score (nSPS) is 13.7. The fraction of sp³-hybridized carbons (Fsp3) is 0.225. The highest BCUT2D eigenvalue weighted by molar-refractivity contribution is 6.39. The van der Waals surface area contributed by atoms with E-state index in [1.165, 1.54) is 16.7 Å². The number of nitrogens with one attached hydrogen (secondary N) is 1. The number of nitrogens with zero attached hydrogens (tertiary/aromatic N) is 4. The number of likely N-dealkylation sites (N-methyl/N-ethyl adjacent to an activating group) is 1. The van der Waals surface area contributed by atoms with Crippen molar-refractivity contribution in [1.82, 2.24) is 19.4 Å². The molecule has 0 radical (unpaired) electrons. The minimum atomic E-state index is -0.775. The summed E-state index contributed by atoms with van der Waals surface area (Å²) in [7, 11) is 3.70. The lowest BCUT2D eigenvalue weighted by molar-refractivity contribution is 0.102. The molecule has 0 saturated carbocycles. The smallest absolute Gasteiger partial charge is 0.270 e. The number of hydrogen-bond donors (Lipinski definition) is 1. The van der Waals surface area contributed by atoms with Gasteiger partial charge >= 0.3 is 0 Å². The zero-order chi connectivity index (χ0) is 36.2. The lowest BCUT2D eigenvalue weighted by atomic mass is 10.1. The van der Waals surface area contributed by atoms with Crippen molar-refractivity contribution in [3.63, 3.8) is 0 Å². The average Bonchev–Trinajstić information content (AvgIpc) is 3.15. The Morgan fingerprint density at radius 2 is 1.65 bits per heavy atom. The van der Waals surface area contributed by atoms with Crippen LogP contribution in [0.5, 0.6) is 23.0 Å². The Kier molecular flexibility index (Phi) is 10.3. The summed E-state index contributed by atoms with van der Waals surface area (Å²) >= 11 is 6.66. The van der Waals surface area contributed by atoms with Crippen LogP contribution in [-0.4, -0.2) is 78.7 Å². The number of piperazine rings is 1. The van der Waals surface area contributed by atoms with Crippen LogP contribution in [0.2, 0.25) is 5.02 Å². The molecule has 1 fully saturated rings. The zero-order valence-corrected chi connectivity index (χ0v) is 29.5. The highest BCUT2D eigenvalue weighted by Crippen LogP contribution is 2.38. The van der Waals surface area contributed by atoms with E-state index >= 15 is 4.39 Å². The van der Waals surface area contributed by atoms with E-state index in [9.17, 15) is 9.59 Å². The van der Waals surface area contributed by atoms with Crippen LogP contribution in [0.25, 0.3) is 27.5 Å². The summed E-state index contributed by atoms with van der Waals surface area (Å²) in [5.41, 5.74) is 0.955. The fourth-order valence-electron chi connectivity index (χ4n) is 6.34. The van der Waals surface area contributed by atoms with Crippen molar-refractivity contribution < 1.29 is 23.4 Å². The van der Waals surface area contributed by atoms with Crippen molar-refractivity contribution in [3.8, 4) is 28.7 Å². The third-order valence-corrected chi connectivity index (χ3v) is 9.52. The molecule has 266 valence electrons. The van der Waals surface area contributed by atoms with Crippen LogP contribution in [0.1, 0.15) is 16.8 Å². The number of aromatic nitrogens is 2. The molecule has 10 nitrogen and oxygen atoms in total. The first kappa shape index (κ1) is 34.9. The third-order valence-electron chi connectivity index (χ3n) is 9.13. The molecule has 1 amide bonds. The number of fused-ring (bicyclic) bond motifs is 2. The van der Waals surface area contributed by atoms with Crippen molar-refractivity contribution in [2.24, 2.45) is 0 Å². The number of carbonyl (C=O) groups is 1. The van der Waals surface area contributed by atoms with Crippen molar-refractivity contribution in [2.45, 2.75) is 6.42 Å². The maximum atomic E-state index is 15.5. The van der Waals surface area contributed by atoms with Crippen LogP contribution in [0, 0.1) is 5.82 Å². The number of halogens is 2. The van der Waals surface area contributed by atoms with Gasteiger partial charge in [0.25, 0.3) is 11.5 Å². The summed E-state index contributed by atoms with van der Waals surface area (Å²) in [5, 5.41) is 3.76. The number of amides is 1. The number of rotatable bonds is 11. The van der Waals surface area contributed by atoms with Gasteiger partial charge in [-0.25, -0.2) is 4.39 Å². The summed E-state index contributed by atoms with van der Waals surface area (Å²) in [6.45, 7) is 5.73. The molecule has 2 aromatic heterocycles. The van der Waals surface area contributed by atoms with Gasteiger partial charge in [-0.3, -0.25) is 19.1 Å².